The lowest BCUT2D eigenvalue weighted by atomic mass is 10.1. The van der Waals surface area contributed by atoms with E-state index in [0.29, 0.717) is 17.0 Å². The maximum atomic E-state index is 12.8. The van der Waals surface area contributed by atoms with Crippen molar-refractivity contribution >= 4 is 23.5 Å². The molecular weight excluding hydrogens is 329 g/mol. The van der Waals surface area contributed by atoms with E-state index in [0.717, 1.165) is 0 Å². The minimum atomic E-state index is -0.792. The van der Waals surface area contributed by atoms with Gasteiger partial charge >= 0.3 is 6.03 Å². The highest BCUT2D eigenvalue weighted by Gasteiger charge is 2.30. The number of rotatable bonds is 5. The van der Waals surface area contributed by atoms with Crippen molar-refractivity contribution in [3.8, 4) is 5.75 Å². The van der Waals surface area contributed by atoms with Crippen molar-refractivity contribution < 1.29 is 23.5 Å². The van der Waals surface area contributed by atoms with Crippen LogP contribution in [0.3, 0.4) is 0 Å². The highest BCUT2D eigenvalue weighted by atomic mass is 19.1. The number of hydrogen-bond donors (Lipinski definition) is 3. The van der Waals surface area contributed by atoms with Crippen molar-refractivity contribution in [3.63, 3.8) is 0 Å². The molecule has 0 saturated carbocycles. The van der Waals surface area contributed by atoms with Crippen LogP contribution in [-0.4, -0.2) is 24.5 Å². The lowest BCUT2D eigenvalue weighted by molar-refractivity contribution is -0.120. The van der Waals surface area contributed by atoms with Gasteiger partial charge in [-0.25, -0.2) is 9.18 Å². The molecule has 3 N–H and O–H groups in total. The van der Waals surface area contributed by atoms with Gasteiger partial charge in [-0.2, -0.15) is 0 Å². The number of anilines is 1. The van der Waals surface area contributed by atoms with Crippen LogP contribution < -0.4 is 20.7 Å². The third kappa shape index (κ3) is 4.11. The number of carbonyl (C=O) groups is 3. The SMILES string of the molecule is O=C(COc1ccc(F)cc1)Nc1cccc(C2NC(=O)NC2=O)c1. The average Bonchev–Trinajstić information content (AvgIpc) is 2.93. The van der Waals surface area contributed by atoms with Crippen molar-refractivity contribution in [2.75, 3.05) is 11.9 Å². The Morgan fingerprint density at radius 1 is 1.16 bits per heavy atom. The third-order valence-corrected chi connectivity index (χ3v) is 3.46. The van der Waals surface area contributed by atoms with Gasteiger partial charge in [0.05, 0.1) is 0 Å². The standard InChI is InChI=1S/C17H14FN3O4/c18-11-4-6-13(7-5-11)25-9-14(22)19-12-3-1-2-10(8-12)15-16(23)21-17(24)20-15/h1-8,15H,9H2,(H,19,22)(H2,20,21,23,24). The molecule has 0 radical (unpaired) electrons. The smallest absolute Gasteiger partial charge is 0.322 e. The van der Waals surface area contributed by atoms with E-state index in [9.17, 15) is 18.8 Å². The molecule has 0 spiro atoms. The number of ether oxygens (including phenoxy) is 1. The van der Waals surface area contributed by atoms with E-state index in [1.807, 2.05) is 0 Å². The molecule has 1 unspecified atom stereocenters. The molecule has 1 atom stereocenters. The molecule has 0 aromatic heterocycles. The summed E-state index contributed by atoms with van der Waals surface area (Å²) in [6.45, 7) is -0.253. The number of carbonyl (C=O) groups excluding carboxylic acids is 3. The molecule has 8 heteroatoms. The van der Waals surface area contributed by atoms with E-state index in [2.05, 4.69) is 16.0 Å². The van der Waals surface area contributed by atoms with E-state index < -0.39 is 29.7 Å². The molecule has 128 valence electrons. The van der Waals surface area contributed by atoms with E-state index in [1.54, 1.807) is 24.3 Å². The zero-order valence-corrected chi connectivity index (χ0v) is 12.9. The molecular formula is C17H14FN3O4. The quantitative estimate of drug-likeness (QED) is 0.720. The van der Waals surface area contributed by atoms with Crippen molar-refractivity contribution in [3.05, 3.63) is 59.9 Å². The van der Waals surface area contributed by atoms with Gasteiger partial charge < -0.3 is 15.4 Å². The Kier molecular flexibility index (Phi) is 4.60. The number of benzene rings is 2. The second kappa shape index (κ2) is 7.00. The summed E-state index contributed by atoms with van der Waals surface area (Å²) < 4.78 is 18.1. The topological polar surface area (TPSA) is 96.5 Å². The molecule has 7 nitrogen and oxygen atoms in total. The fourth-order valence-corrected chi connectivity index (χ4v) is 2.32. The minimum absolute atomic E-state index is 0.253. The maximum absolute atomic E-state index is 12.8. The van der Waals surface area contributed by atoms with Gasteiger partial charge in [0.15, 0.2) is 6.61 Å². The largest absolute Gasteiger partial charge is 0.484 e. The summed E-state index contributed by atoms with van der Waals surface area (Å²) in [6.07, 6.45) is 0. The molecule has 0 bridgehead atoms. The Morgan fingerprint density at radius 3 is 2.60 bits per heavy atom. The lowest BCUT2D eigenvalue weighted by Crippen LogP contribution is -2.22. The first-order valence-corrected chi connectivity index (χ1v) is 7.41. The first-order valence-electron chi connectivity index (χ1n) is 7.41. The third-order valence-electron chi connectivity index (χ3n) is 3.46. The van der Waals surface area contributed by atoms with Gasteiger partial charge in [0, 0.05) is 5.69 Å². The zero-order valence-electron chi connectivity index (χ0n) is 12.9. The number of imide groups is 1. The van der Waals surface area contributed by atoms with Crippen molar-refractivity contribution in [1.82, 2.24) is 10.6 Å². The molecule has 4 amide bonds. The van der Waals surface area contributed by atoms with Crippen molar-refractivity contribution in [2.24, 2.45) is 0 Å². The molecule has 1 aliphatic rings. The summed E-state index contributed by atoms with van der Waals surface area (Å²) >= 11 is 0. The molecule has 2 aromatic carbocycles. The van der Waals surface area contributed by atoms with E-state index in [1.165, 1.54) is 24.3 Å². The predicted molar refractivity (Wildman–Crippen MR) is 86.4 cm³/mol. The Labute approximate surface area is 142 Å². The van der Waals surface area contributed by atoms with Gasteiger partial charge in [0.1, 0.15) is 17.6 Å². The van der Waals surface area contributed by atoms with Crippen LogP contribution in [-0.2, 0) is 9.59 Å². The lowest BCUT2D eigenvalue weighted by Gasteiger charge is -2.11. The summed E-state index contributed by atoms with van der Waals surface area (Å²) in [4.78, 5) is 34.8. The van der Waals surface area contributed by atoms with Gasteiger partial charge in [-0.15, -0.1) is 0 Å². The van der Waals surface area contributed by atoms with Crippen LogP contribution in [0.5, 0.6) is 5.75 Å². The van der Waals surface area contributed by atoms with Gasteiger partial charge in [0.25, 0.3) is 11.8 Å². The summed E-state index contributed by atoms with van der Waals surface area (Å²) in [5.74, 6) is -0.887. The average molecular weight is 343 g/mol. The summed E-state index contributed by atoms with van der Waals surface area (Å²) in [6, 6.07) is 10.5. The minimum Gasteiger partial charge on any atom is -0.484 e. The van der Waals surface area contributed by atoms with Gasteiger partial charge in [-0.05, 0) is 42.0 Å². The molecule has 1 aliphatic heterocycles. The van der Waals surface area contributed by atoms with Crippen LogP contribution in [0.25, 0.3) is 0 Å². The van der Waals surface area contributed by atoms with E-state index in [-0.39, 0.29) is 6.61 Å². The summed E-state index contributed by atoms with van der Waals surface area (Å²) in [5.41, 5.74) is 1.000. The van der Waals surface area contributed by atoms with E-state index >= 15 is 0 Å². The van der Waals surface area contributed by atoms with Crippen molar-refractivity contribution in [1.29, 1.82) is 0 Å². The second-order valence-electron chi connectivity index (χ2n) is 5.31. The number of nitrogens with one attached hydrogen (secondary N) is 3. The fourth-order valence-electron chi connectivity index (χ4n) is 2.32. The molecule has 2 aromatic rings. The van der Waals surface area contributed by atoms with Crippen LogP contribution >= 0.6 is 0 Å². The van der Waals surface area contributed by atoms with Gasteiger partial charge in [-0.3, -0.25) is 14.9 Å². The summed E-state index contributed by atoms with van der Waals surface area (Å²) in [5, 5.41) is 7.26. The number of urea groups is 1. The second-order valence-corrected chi connectivity index (χ2v) is 5.31. The molecule has 1 fully saturated rings. The predicted octanol–water partition coefficient (Wildman–Crippen LogP) is 1.72. The number of amides is 4. The number of halogens is 1. The highest BCUT2D eigenvalue weighted by Crippen LogP contribution is 2.20. The maximum Gasteiger partial charge on any atom is 0.322 e. The molecule has 1 saturated heterocycles. The molecule has 0 aliphatic carbocycles. The number of hydrogen-bond acceptors (Lipinski definition) is 4. The van der Waals surface area contributed by atoms with Crippen LogP contribution in [0.1, 0.15) is 11.6 Å². The fraction of sp³-hybridized carbons (Fsp3) is 0.118. The Bertz CT molecular complexity index is 823. The first kappa shape index (κ1) is 16.4. The van der Waals surface area contributed by atoms with Crippen LogP contribution in [0.4, 0.5) is 14.9 Å². The van der Waals surface area contributed by atoms with Crippen LogP contribution in [0.2, 0.25) is 0 Å². The first-order chi connectivity index (χ1) is 12.0. The Hall–Kier alpha value is -3.42. The molecule has 3 rings (SSSR count). The zero-order chi connectivity index (χ0) is 17.8. The van der Waals surface area contributed by atoms with Crippen LogP contribution in [0, 0.1) is 5.82 Å². The normalized spacial score (nSPS) is 16.1. The van der Waals surface area contributed by atoms with Crippen LogP contribution in [0.15, 0.2) is 48.5 Å². The Morgan fingerprint density at radius 2 is 1.92 bits per heavy atom. The van der Waals surface area contributed by atoms with Gasteiger partial charge in [0.2, 0.25) is 0 Å². The highest BCUT2D eigenvalue weighted by molar-refractivity contribution is 6.04. The molecule has 25 heavy (non-hydrogen) atoms. The Balaban J connectivity index is 1.60. The monoisotopic (exact) mass is 343 g/mol. The van der Waals surface area contributed by atoms with Gasteiger partial charge in [-0.1, -0.05) is 12.1 Å². The van der Waals surface area contributed by atoms with Crippen molar-refractivity contribution in [2.45, 2.75) is 6.04 Å². The summed E-state index contributed by atoms with van der Waals surface area (Å²) in [7, 11) is 0. The molecule has 1 heterocycles. The van der Waals surface area contributed by atoms with E-state index in [4.69, 9.17) is 4.74 Å².